The summed E-state index contributed by atoms with van der Waals surface area (Å²) in [5.74, 6) is 4.49. The molecule has 5 heteroatoms. The van der Waals surface area contributed by atoms with Gasteiger partial charge in [0.05, 0.1) is 14.2 Å². The molecule has 0 aliphatic carbocycles. The summed E-state index contributed by atoms with van der Waals surface area (Å²) in [4.78, 5) is 0. The van der Waals surface area contributed by atoms with Gasteiger partial charge in [-0.3, -0.25) is 0 Å². The van der Waals surface area contributed by atoms with Crippen LogP contribution in [0.2, 0.25) is 0 Å². The van der Waals surface area contributed by atoms with E-state index in [1.54, 1.807) is 14.2 Å². The van der Waals surface area contributed by atoms with E-state index in [9.17, 15) is 0 Å². The van der Waals surface area contributed by atoms with Crippen LogP contribution < -0.4 is 23.7 Å². The van der Waals surface area contributed by atoms with E-state index in [1.807, 2.05) is 48.5 Å². The highest BCUT2D eigenvalue weighted by atomic mass is 16.7. The van der Waals surface area contributed by atoms with Crippen molar-refractivity contribution in [3.63, 3.8) is 0 Å². The Morgan fingerprint density at radius 1 is 0.800 bits per heavy atom. The van der Waals surface area contributed by atoms with Crippen LogP contribution in [0.15, 0.2) is 66.7 Å². The van der Waals surface area contributed by atoms with E-state index in [1.165, 1.54) is 0 Å². The normalized spacial score (nSPS) is 18.8. The molecule has 0 fully saturated rings. The minimum absolute atomic E-state index is 0.213. The second-order valence-electron chi connectivity index (χ2n) is 7.48. The molecule has 1 atom stereocenters. The van der Waals surface area contributed by atoms with Gasteiger partial charge in [0, 0.05) is 22.6 Å². The van der Waals surface area contributed by atoms with Gasteiger partial charge >= 0.3 is 0 Å². The quantitative estimate of drug-likeness (QED) is 0.602. The zero-order valence-corrected chi connectivity index (χ0v) is 17.1. The van der Waals surface area contributed by atoms with Crippen molar-refractivity contribution in [2.24, 2.45) is 0 Å². The summed E-state index contributed by atoms with van der Waals surface area (Å²) in [7, 11) is 3.33. The summed E-state index contributed by atoms with van der Waals surface area (Å²) in [6.07, 6.45) is 2.14. The summed E-state index contributed by atoms with van der Waals surface area (Å²) < 4.78 is 28.5. The molecule has 0 aromatic heterocycles. The Hall–Kier alpha value is -3.60. The molecule has 0 saturated heterocycles. The number of hydrogen-bond acceptors (Lipinski definition) is 5. The number of rotatable bonds is 4. The minimum atomic E-state index is -0.471. The Morgan fingerprint density at radius 2 is 1.50 bits per heavy atom. The first-order valence-electron chi connectivity index (χ1n) is 9.74. The van der Waals surface area contributed by atoms with Crippen molar-refractivity contribution >= 4 is 5.76 Å². The number of methoxy groups -OCH3 is 2. The van der Waals surface area contributed by atoms with Gasteiger partial charge in [-0.2, -0.15) is 0 Å². The van der Waals surface area contributed by atoms with Gasteiger partial charge in [-0.05, 0) is 48.9 Å². The van der Waals surface area contributed by atoms with Crippen molar-refractivity contribution in [2.75, 3.05) is 21.0 Å². The maximum absolute atomic E-state index is 6.36. The Labute approximate surface area is 175 Å². The summed E-state index contributed by atoms with van der Waals surface area (Å²) in [6, 6.07) is 19.9. The van der Waals surface area contributed by atoms with E-state index < -0.39 is 5.41 Å². The largest absolute Gasteiger partial charge is 0.497 e. The summed E-state index contributed by atoms with van der Waals surface area (Å²) in [5, 5.41) is 0. The zero-order valence-electron chi connectivity index (χ0n) is 17.1. The lowest BCUT2D eigenvalue weighted by Crippen LogP contribution is -2.26. The zero-order chi connectivity index (χ0) is 20.7. The average molecular weight is 402 g/mol. The lowest BCUT2D eigenvalue weighted by atomic mass is 9.73. The number of benzene rings is 3. The lowest BCUT2D eigenvalue weighted by Gasteiger charge is -2.34. The van der Waals surface area contributed by atoms with Crippen LogP contribution in [0.1, 0.15) is 23.6 Å². The Balaban J connectivity index is 1.72. The van der Waals surface area contributed by atoms with Crippen LogP contribution in [-0.2, 0) is 5.41 Å². The first-order chi connectivity index (χ1) is 14.6. The number of fused-ring (bicyclic) bond motifs is 2. The lowest BCUT2D eigenvalue weighted by molar-refractivity contribution is 0.174. The fourth-order valence-electron chi connectivity index (χ4n) is 4.01. The van der Waals surface area contributed by atoms with Gasteiger partial charge in [0.1, 0.15) is 23.0 Å². The summed E-state index contributed by atoms with van der Waals surface area (Å²) >= 11 is 0. The fraction of sp³-hybridized carbons (Fsp3) is 0.200. The molecule has 2 aliphatic heterocycles. The topological polar surface area (TPSA) is 46.2 Å². The predicted octanol–water partition coefficient (Wildman–Crippen LogP) is 5.17. The average Bonchev–Trinajstić information content (AvgIpc) is 3.25. The summed E-state index contributed by atoms with van der Waals surface area (Å²) in [6.45, 7) is 2.38. The minimum Gasteiger partial charge on any atom is -0.497 e. The van der Waals surface area contributed by atoms with Gasteiger partial charge in [-0.1, -0.05) is 24.3 Å². The van der Waals surface area contributed by atoms with Gasteiger partial charge in [-0.25, -0.2) is 0 Å². The van der Waals surface area contributed by atoms with E-state index in [0.29, 0.717) is 5.75 Å². The van der Waals surface area contributed by atoms with Crippen LogP contribution in [-0.4, -0.2) is 21.0 Å². The van der Waals surface area contributed by atoms with Crippen molar-refractivity contribution in [2.45, 2.75) is 12.3 Å². The molecule has 2 heterocycles. The molecule has 0 saturated carbocycles. The highest BCUT2D eigenvalue weighted by molar-refractivity contribution is 5.73. The van der Waals surface area contributed by atoms with Gasteiger partial charge in [0.2, 0.25) is 6.79 Å². The maximum Gasteiger partial charge on any atom is 0.231 e. The first kappa shape index (κ1) is 18.4. The number of ether oxygens (including phenoxy) is 5. The molecular weight excluding hydrogens is 380 g/mol. The van der Waals surface area contributed by atoms with Crippen LogP contribution in [0, 0.1) is 0 Å². The Kier molecular flexibility index (Phi) is 4.31. The number of hydrogen-bond donors (Lipinski definition) is 0. The fourth-order valence-corrected chi connectivity index (χ4v) is 4.01. The summed E-state index contributed by atoms with van der Waals surface area (Å²) in [5.41, 5.74) is 2.56. The SMILES string of the molecule is COc1cccc(C2=CC(C)(c3cccc(OC)c3)c3cc4c(cc3O2)OCO4)c1. The second-order valence-corrected chi connectivity index (χ2v) is 7.48. The Bertz CT molecular complexity index is 1150. The highest BCUT2D eigenvalue weighted by Gasteiger charge is 2.37. The van der Waals surface area contributed by atoms with Crippen LogP contribution in [0.5, 0.6) is 28.7 Å². The molecular formula is C25H22O5. The number of allylic oxidation sites excluding steroid dienone is 1. The predicted molar refractivity (Wildman–Crippen MR) is 114 cm³/mol. The molecule has 0 radical (unpaired) electrons. The molecule has 0 bridgehead atoms. The maximum atomic E-state index is 6.36. The van der Waals surface area contributed by atoms with Crippen LogP contribution in [0.25, 0.3) is 5.76 Å². The molecule has 3 aromatic rings. The third kappa shape index (κ3) is 2.94. The van der Waals surface area contributed by atoms with Crippen molar-refractivity contribution in [1.29, 1.82) is 0 Å². The molecule has 30 heavy (non-hydrogen) atoms. The van der Waals surface area contributed by atoms with Gasteiger partial charge < -0.3 is 23.7 Å². The van der Waals surface area contributed by atoms with E-state index in [4.69, 9.17) is 23.7 Å². The molecule has 152 valence electrons. The Morgan fingerprint density at radius 3 is 2.27 bits per heavy atom. The van der Waals surface area contributed by atoms with Crippen molar-refractivity contribution < 1.29 is 23.7 Å². The molecule has 0 amide bonds. The third-order valence-corrected chi connectivity index (χ3v) is 5.70. The van der Waals surface area contributed by atoms with Crippen molar-refractivity contribution in [3.05, 3.63) is 83.4 Å². The van der Waals surface area contributed by atoms with E-state index in [2.05, 4.69) is 25.1 Å². The molecule has 3 aromatic carbocycles. The van der Waals surface area contributed by atoms with Crippen LogP contribution in [0.4, 0.5) is 0 Å². The van der Waals surface area contributed by atoms with Crippen molar-refractivity contribution in [1.82, 2.24) is 0 Å². The van der Waals surface area contributed by atoms with Crippen LogP contribution >= 0.6 is 0 Å². The monoisotopic (exact) mass is 402 g/mol. The molecule has 0 N–H and O–H groups in total. The van der Waals surface area contributed by atoms with Crippen LogP contribution in [0.3, 0.4) is 0 Å². The van der Waals surface area contributed by atoms with E-state index >= 15 is 0 Å². The van der Waals surface area contributed by atoms with Crippen molar-refractivity contribution in [3.8, 4) is 28.7 Å². The molecule has 1 unspecified atom stereocenters. The second kappa shape index (κ2) is 7.02. The highest BCUT2D eigenvalue weighted by Crippen LogP contribution is 2.50. The smallest absolute Gasteiger partial charge is 0.231 e. The standard InChI is InChI=1S/C25H22O5/c1-25(17-7-5-9-19(11-17)27-3)14-24(16-6-4-8-18(10-16)26-2)30-21-13-23-22(12-20(21)25)28-15-29-23/h4-14H,15H2,1-3H3. The van der Waals surface area contributed by atoms with E-state index in [-0.39, 0.29) is 6.79 Å². The first-order valence-corrected chi connectivity index (χ1v) is 9.74. The van der Waals surface area contributed by atoms with Gasteiger partial charge in [-0.15, -0.1) is 0 Å². The molecule has 5 rings (SSSR count). The third-order valence-electron chi connectivity index (χ3n) is 5.70. The molecule has 5 nitrogen and oxygen atoms in total. The molecule has 2 aliphatic rings. The van der Waals surface area contributed by atoms with Gasteiger partial charge in [0.25, 0.3) is 0 Å². The van der Waals surface area contributed by atoms with E-state index in [0.717, 1.165) is 45.4 Å². The van der Waals surface area contributed by atoms with Gasteiger partial charge in [0.15, 0.2) is 11.5 Å². The molecule has 0 spiro atoms.